The van der Waals surface area contributed by atoms with E-state index in [4.69, 9.17) is 4.74 Å². The zero-order chi connectivity index (χ0) is 11.4. The standard InChI is InChI=1S/C12H15BrFNO/c13-12-6-10(14)4-3-9(12)7-16-8-11-2-1-5-15-11/h3-4,6,11,15H,1-2,5,7-8H2. The summed E-state index contributed by atoms with van der Waals surface area (Å²) >= 11 is 3.33. The minimum Gasteiger partial charge on any atom is -0.375 e. The highest BCUT2D eigenvalue weighted by molar-refractivity contribution is 9.10. The molecule has 0 aromatic heterocycles. The quantitative estimate of drug-likeness (QED) is 0.920. The Labute approximate surface area is 103 Å². The average Bonchev–Trinajstić information content (AvgIpc) is 2.74. The molecule has 0 radical (unpaired) electrons. The number of rotatable bonds is 4. The van der Waals surface area contributed by atoms with E-state index in [0.29, 0.717) is 12.6 Å². The van der Waals surface area contributed by atoms with Gasteiger partial charge in [0.25, 0.3) is 0 Å². The number of halogens is 2. The Morgan fingerprint density at radius 2 is 2.38 bits per heavy atom. The maximum atomic E-state index is 12.8. The predicted octanol–water partition coefficient (Wildman–Crippen LogP) is 2.86. The second-order valence-corrected chi connectivity index (χ2v) is 4.90. The van der Waals surface area contributed by atoms with Gasteiger partial charge in [-0.1, -0.05) is 22.0 Å². The zero-order valence-electron chi connectivity index (χ0n) is 9.01. The highest BCUT2D eigenvalue weighted by atomic mass is 79.9. The number of hydrogen-bond donors (Lipinski definition) is 1. The summed E-state index contributed by atoms with van der Waals surface area (Å²) in [6, 6.07) is 5.16. The fourth-order valence-electron chi connectivity index (χ4n) is 1.85. The molecule has 1 aromatic rings. The van der Waals surface area contributed by atoms with Crippen LogP contribution in [0.15, 0.2) is 22.7 Å². The van der Waals surface area contributed by atoms with Crippen LogP contribution in [0.3, 0.4) is 0 Å². The molecule has 2 nitrogen and oxygen atoms in total. The molecule has 0 saturated carbocycles. The van der Waals surface area contributed by atoms with Crippen molar-refractivity contribution in [3.8, 4) is 0 Å². The number of nitrogens with one attached hydrogen (secondary N) is 1. The molecule has 1 aliphatic rings. The van der Waals surface area contributed by atoms with Crippen LogP contribution in [-0.2, 0) is 11.3 Å². The van der Waals surface area contributed by atoms with Crippen molar-refractivity contribution in [3.05, 3.63) is 34.1 Å². The van der Waals surface area contributed by atoms with Crippen LogP contribution in [-0.4, -0.2) is 19.2 Å². The molecule has 1 unspecified atom stereocenters. The number of benzene rings is 1. The minimum atomic E-state index is -0.229. The molecule has 88 valence electrons. The Morgan fingerprint density at radius 3 is 3.06 bits per heavy atom. The van der Waals surface area contributed by atoms with Crippen LogP contribution >= 0.6 is 15.9 Å². The zero-order valence-corrected chi connectivity index (χ0v) is 10.6. The van der Waals surface area contributed by atoms with Crippen molar-refractivity contribution in [2.45, 2.75) is 25.5 Å². The lowest BCUT2D eigenvalue weighted by atomic mass is 10.2. The fourth-order valence-corrected chi connectivity index (χ4v) is 2.31. The lowest BCUT2D eigenvalue weighted by molar-refractivity contribution is 0.103. The van der Waals surface area contributed by atoms with Gasteiger partial charge in [0.1, 0.15) is 5.82 Å². The van der Waals surface area contributed by atoms with E-state index in [2.05, 4.69) is 21.2 Å². The molecule has 1 aromatic carbocycles. The maximum Gasteiger partial charge on any atom is 0.124 e. The molecule has 1 aliphatic heterocycles. The number of ether oxygens (including phenoxy) is 1. The second-order valence-electron chi connectivity index (χ2n) is 4.04. The van der Waals surface area contributed by atoms with Crippen LogP contribution in [0.25, 0.3) is 0 Å². The van der Waals surface area contributed by atoms with E-state index in [0.717, 1.165) is 23.2 Å². The van der Waals surface area contributed by atoms with Gasteiger partial charge < -0.3 is 10.1 Å². The van der Waals surface area contributed by atoms with Crippen molar-refractivity contribution in [3.63, 3.8) is 0 Å². The molecule has 1 atom stereocenters. The molecular weight excluding hydrogens is 273 g/mol. The van der Waals surface area contributed by atoms with Crippen molar-refractivity contribution in [2.75, 3.05) is 13.2 Å². The lowest BCUT2D eigenvalue weighted by Gasteiger charge is -2.11. The summed E-state index contributed by atoms with van der Waals surface area (Å²) in [5.74, 6) is -0.229. The molecule has 0 bridgehead atoms. The van der Waals surface area contributed by atoms with Crippen LogP contribution < -0.4 is 5.32 Å². The Kier molecular flexibility index (Phi) is 4.32. The molecule has 1 heterocycles. The summed E-state index contributed by atoms with van der Waals surface area (Å²) in [5, 5.41) is 3.37. The maximum absolute atomic E-state index is 12.8. The van der Waals surface area contributed by atoms with Gasteiger partial charge in [-0.15, -0.1) is 0 Å². The van der Waals surface area contributed by atoms with Crippen molar-refractivity contribution in [1.82, 2.24) is 5.32 Å². The third kappa shape index (κ3) is 3.27. The molecule has 0 spiro atoms. The van der Waals surface area contributed by atoms with E-state index >= 15 is 0 Å². The Hall–Kier alpha value is -0.450. The first-order chi connectivity index (χ1) is 7.75. The predicted molar refractivity (Wildman–Crippen MR) is 64.8 cm³/mol. The van der Waals surface area contributed by atoms with Crippen molar-refractivity contribution < 1.29 is 9.13 Å². The molecule has 1 saturated heterocycles. The third-order valence-electron chi connectivity index (χ3n) is 2.75. The van der Waals surface area contributed by atoms with Gasteiger partial charge in [0.2, 0.25) is 0 Å². The largest absolute Gasteiger partial charge is 0.375 e. The van der Waals surface area contributed by atoms with E-state index in [1.54, 1.807) is 6.07 Å². The van der Waals surface area contributed by atoms with E-state index in [-0.39, 0.29) is 5.82 Å². The monoisotopic (exact) mass is 287 g/mol. The first-order valence-electron chi connectivity index (χ1n) is 5.51. The SMILES string of the molecule is Fc1ccc(COCC2CCCN2)c(Br)c1. The van der Waals surface area contributed by atoms with Gasteiger partial charge in [0.15, 0.2) is 0 Å². The van der Waals surface area contributed by atoms with Crippen LogP contribution in [0.1, 0.15) is 18.4 Å². The van der Waals surface area contributed by atoms with Crippen molar-refractivity contribution in [2.24, 2.45) is 0 Å². The van der Waals surface area contributed by atoms with Gasteiger partial charge in [0, 0.05) is 10.5 Å². The minimum absolute atomic E-state index is 0.229. The van der Waals surface area contributed by atoms with Gasteiger partial charge in [-0.3, -0.25) is 0 Å². The summed E-state index contributed by atoms with van der Waals surface area (Å²) in [5.41, 5.74) is 0.986. The fraction of sp³-hybridized carbons (Fsp3) is 0.500. The summed E-state index contributed by atoms with van der Waals surface area (Å²) in [7, 11) is 0. The van der Waals surface area contributed by atoms with Crippen molar-refractivity contribution in [1.29, 1.82) is 0 Å². The van der Waals surface area contributed by atoms with Crippen LogP contribution in [0.2, 0.25) is 0 Å². The van der Waals surface area contributed by atoms with E-state index in [1.165, 1.54) is 25.0 Å². The van der Waals surface area contributed by atoms with Gasteiger partial charge >= 0.3 is 0 Å². The van der Waals surface area contributed by atoms with E-state index in [1.807, 2.05) is 0 Å². The van der Waals surface area contributed by atoms with E-state index in [9.17, 15) is 4.39 Å². The summed E-state index contributed by atoms with van der Waals surface area (Å²) in [6.45, 7) is 2.34. The molecule has 1 fully saturated rings. The Morgan fingerprint density at radius 1 is 1.50 bits per heavy atom. The molecule has 0 aliphatic carbocycles. The first kappa shape index (κ1) is 12.0. The average molecular weight is 288 g/mol. The molecular formula is C12H15BrFNO. The van der Waals surface area contributed by atoms with Gasteiger partial charge in [-0.25, -0.2) is 4.39 Å². The topological polar surface area (TPSA) is 21.3 Å². The van der Waals surface area contributed by atoms with Gasteiger partial charge in [-0.05, 0) is 37.1 Å². The van der Waals surface area contributed by atoms with Gasteiger partial charge in [0.05, 0.1) is 13.2 Å². The molecule has 4 heteroatoms. The summed E-state index contributed by atoms with van der Waals surface area (Å²) in [6.07, 6.45) is 2.42. The first-order valence-corrected chi connectivity index (χ1v) is 6.30. The lowest BCUT2D eigenvalue weighted by Crippen LogP contribution is -2.26. The Bertz CT molecular complexity index is 353. The van der Waals surface area contributed by atoms with Crippen LogP contribution in [0, 0.1) is 5.82 Å². The highest BCUT2D eigenvalue weighted by Gasteiger charge is 2.13. The smallest absolute Gasteiger partial charge is 0.124 e. The Balaban J connectivity index is 1.80. The summed E-state index contributed by atoms with van der Waals surface area (Å²) < 4.78 is 19.2. The van der Waals surface area contributed by atoms with Crippen LogP contribution in [0.4, 0.5) is 4.39 Å². The van der Waals surface area contributed by atoms with Gasteiger partial charge in [-0.2, -0.15) is 0 Å². The third-order valence-corrected chi connectivity index (χ3v) is 3.49. The molecule has 1 N–H and O–H groups in total. The molecule has 0 amide bonds. The normalized spacial score (nSPS) is 20.2. The highest BCUT2D eigenvalue weighted by Crippen LogP contribution is 2.19. The number of hydrogen-bond acceptors (Lipinski definition) is 2. The molecule has 2 rings (SSSR count). The molecule has 16 heavy (non-hydrogen) atoms. The second kappa shape index (κ2) is 5.75. The summed E-state index contributed by atoms with van der Waals surface area (Å²) in [4.78, 5) is 0. The van der Waals surface area contributed by atoms with Crippen molar-refractivity contribution >= 4 is 15.9 Å². The van der Waals surface area contributed by atoms with Crippen LogP contribution in [0.5, 0.6) is 0 Å². The van der Waals surface area contributed by atoms with E-state index < -0.39 is 0 Å².